The van der Waals surface area contributed by atoms with Crippen LogP contribution in [0.25, 0.3) is 0 Å². The zero-order valence-corrected chi connectivity index (χ0v) is 9.95. The molecule has 0 bridgehead atoms. The Morgan fingerprint density at radius 1 is 1.24 bits per heavy atom. The molecule has 92 valence electrons. The summed E-state index contributed by atoms with van der Waals surface area (Å²) < 4.78 is 11.7. The van der Waals surface area contributed by atoms with Crippen LogP contribution in [0.2, 0.25) is 0 Å². The number of hydroxylamine groups is 1. The van der Waals surface area contributed by atoms with E-state index in [2.05, 4.69) is 5.48 Å². The van der Waals surface area contributed by atoms with E-state index in [1.165, 1.54) is 12.8 Å². The summed E-state index contributed by atoms with van der Waals surface area (Å²) in [6.07, 6.45) is 2.40. The molecular weight excluding hydrogens is 218 g/mol. The normalized spacial score (nSPS) is 20.1. The Morgan fingerprint density at radius 3 is 2.47 bits per heavy atom. The zero-order chi connectivity index (χ0) is 11.9. The number of benzene rings is 1. The maximum Gasteiger partial charge on any atom is 0.161 e. The van der Waals surface area contributed by atoms with Gasteiger partial charge in [-0.2, -0.15) is 0 Å². The maximum atomic E-state index is 8.77. The first-order chi connectivity index (χ1) is 8.22. The van der Waals surface area contributed by atoms with Crippen LogP contribution >= 0.6 is 0 Å². The lowest BCUT2D eigenvalue weighted by atomic mass is 10.1. The Bertz CT molecular complexity index is 441. The van der Waals surface area contributed by atoms with Crippen LogP contribution in [-0.4, -0.2) is 18.4 Å². The summed E-state index contributed by atoms with van der Waals surface area (Å²) in [5.41, 5.74) is 4.57. The molecule has 1 aromatic rings. The maximum absolute atomic E-state index is 8.77. The van der Waals surface area contributed by atoms with E-state index in [4.69, 9.17) is 14.7 Å². The molecule has 4 nitrogen and oxygen atoms in total. The van der Waals surface area contributed by atoms with Crippen LogP contribution in [0.5, 0.6) is 11.5 Å². The molecule has 1 aliphatic heterocycles. The van der Waals surface area contributed by atoms with E-state index in [-0.39, 0.29) is 5.41 Å². The van der Waals surface area contributed by atoms with Crippen LogP contribution in [0.1, 0.15) is 24.0 Å². The Hall–Kier alpha value is -1.26. The van der Waals surface area contributed by atoms with Gasteiger partial charge in [0.2, 0.25) is 0 Å². The number of aryl methyl sites for hydroxylation is 1. The average molecular weight is 235 g/mol. The minimum atomic E-state index is 0.266. The smallest absolute Gasteiger partial charge is 0.161 e. The lowest BCUT2D eigenvalue weighted by Gasteiger charge is -2.11. The van der Waals surface area contributed by atoms with Crippen molar-refractivity contribution in [3.05, 3.63) is 23.3 Å². The van der Waals surface area contributed by atoms with E-state index in [0.717, 1.165) is 35.8 Å². The van der Waals surface area contributed by atoms with Crippen molar-refractivity contribution < 1.29 is 14.7 Å². The van der Waals surface area contributed by atoms with Gasteiger partial charge in [-0.3, -0.25) is 0 Å². The molecule has 0 unspecified atom stereocenters. The number of nitrogens with one attached hydrogen (secondary N) is 1. The van der Waals surface area contributed by atoms with Gasteiger partial charge in [-0.1, -0.05) is 0 Å². The van der Waals surface area contributed by atoms with Gasteiger partial charge >= 0.3 is 0 Å². The second-order valence-corrected chi connectivity index (χ2v) is 5.14. The van der Waals surface area contributed by atoms with Gasteiger partial charge < -0.3 is 14.7 Å². The first kappa shape index (κ1) is 10.9. The summed E-state index contributed by atoms with van der Waals surface area (Å²) >= 11 is 0. The zero-order valence-electron chi connectivity index (χ0n) is 9.95. The molecule has 1 heterocycles. The lowest BCUT2D eigenvalue weighted by Crippen LogP contribution is -2.17. The molecule has 1 saturated carbocycles. The molecule has 17 heavy (non-hydrogen) atoms. The van der Waals surface area contributed by atoms with Crippen molar-refractivity contribution in [2.75, 3.05) is 13.2 Å². The quantitative estimate of drug-likeness (QED) is 0.770. The second-order valence-electron chi connectivity index (χ2n) is 5.14. The first-order valence-electron chi connectivity index (χ1n) is 5.99. The number of hydrogen-bond donors (Lipinski definition) is 2. The predicted octanol–water partition coefficient (Wildman–Crippen LogP) is 2.03. The van der Waals surface area contributed by atoms with E-state index in [9.17, 15) is 0 Å². The Labute approximate surface area is 100 Å². The minimum absolute atomic E-state index is 0.266. The van der Waals surface area contributed by atoms with E-state index in [1.807, 2.05) is 19.1 Å². The van der Waals surface area contributed by atoms with Crippen molar-refractivity contribution in [1.29, 1.82) is 0 Å². The Balaban J connectivity index is 1.90. The molecule has 1 spiro atoms. The van der Waals surface area contributed by atoms with Gasteiger partial charge in [0.25, 0.3) is 0 Å². The van der Waals surface area contributed by atoms with E-state index in [0.29, 0.717) is 6.54 Å². The molecule has 1 aromatic carbocycles. The number of rotatable bonds is 2. The third-order valence-electron chi connectivity index (χ3n) is 3.70. The molecule has 1 fully saturated rings. The average Bonchev–Trinajstić information content (AvgIpc) is 3.10. The summed E-state index contributed by atoms with van der Waals surface area (Å²) in [6.45, 7) is 3.94. The molecule has 1 aliphatic carbocycles. The minimum Gasteiger partial charge on any atom is -0.489 e. The van der Waals surface area contributed by atoms with Gasteiger partial charge in [-0.15, -0.1) is 0 Å². The fraction of sp³-hybridized carbons (Fsp3) is 0.538. The van der Waals surface area contributed by atoms with Crippen LogP contribution in [0, 0.1) is 12.3 Å². The highest BCUT2D eigenvalue weighted by molar-refractivity contribution is 5.47. The van der Waals surface area contributed by atoms with Crippen molar-refractivity contribution in [3.8, 4) is 11.5 Å². The highest BCUT2D eigenvalue weighted by Gasteiger charge is 2.46. The van der Waals surface area contributed by atoms with Gasteiger partial charge in [0, 0.05) is 12.0 Å². The summed E-state index contributed by atoms with van der Waals surface area (Å²) in [6, 6.07) is 3.94. The molecule has 3 rings (SSSR count). The van der Waals surface area contributed by atoms with Crippen LogP contribution in [0.4, 0.5) is 0 Å². The van der Waals surface area contributed by atoms with E-state index < -0.39 is 0 Å². The number of ether oxygens (including phenoxy) is 2. The number of hydrogen-bond acceptors (Lipinski definition) is 4. The van der Waals surface area contributed by atoms with Gasteiger partial charge in [-0.25, -0.2) is 5.48 Å². The molecular formula is C13H17NO3. The Morgan fingerprint density at radius 2 is 1.88 bits per heavy atom. The van der Waals surface area contributed by atoms with Gasteiger partial charge in [0.1, 0.15) is 0 Å². The third kappa shape index (κ3) is 1.98. The molecule has 2 N–H and O–H groups in total. The lowest BCUT2D eigenvalue weighted by molar-refractivity contribution is 0.161. The summed E-state index contributed by atoms with van der Waals surface area (Å²) in [4.78, 5) is 0. The SMILES string of the molecule is Cc1cc2c(cc1CNO)OCC1(CC1)CO2. The molecule has 0 aromatic heterocycles. The third-order valence-corrected chi connectivity index (χ3v) is 3.70. The van der Waals surface area contributed by atoms with Crippen LogP contribution < -0.4 is 15.0 Å². The molecule has 0 atom stereocenters. The fourth-order valence-corrected chi connectivity index (χ4v) is 2.17. The van der Waals surface area contributed by atoms with Crippen molar-refractivity contribution in [2.24, 2.45) is 5.41 Å². The molecule has 0 radical (unpaired) electrons. The summed E-state index contributed by atoms with van der Waals surface area (Å²) in [5, 5.41) is 8.77. The summed E-state index contributed by atoms with van der Waals surface area (Å²) in [5.74, 6) is 1.62. The van der Waals surface area contributed by atoms with Crippen LogP contribution in [0.15, 0.2) is 12.1 Å². The van der Waals surface area contributed by atoms with Crippen molar-refractivity contribution in [3.63, 3.8) is 0 Å². The highest BCUT2D eigenvalue weighted by atomic mass is 16.5. The number of fused-ring (bicyclic) bond motifs is 1. The monoisotopic (exact) mass is 235 g/mol. The predicted molar refractivity (Wildman–Crippen MR) is 62.5 cm³/mol. The van der Waals surface area contributed by atoms with Crippen LogP contribution in [0.3, 0.4) is 0 Å². The summed E-state index contributed by atoms with van der Waals surface area (Å²) in [7, 11) is 0. The fourth-order valence-electron chi connectivity index (χ4n) is 2.17. The molecule has 2 aliphatic rings. The van der Waals surface area contributed by atoms with E-state index >= 15 is 0 Å². The topological polar surface area (TPSA) is 50.7 Å². The largest absolute Gasteiger partial charge is 0.489 e. The van der Waals surface area contributed by atoms with Crippen molar-refractivity contribution in [2.45, 2.75) is 26.3 Å². The Kier molecular flexibility index (Phi) is 2.49. The van der Waals surface area contributed by atoms with Crippen molar-refractivity contribution in [1.82, 2.24) is 5.48 Å². The molecule has 0 amide bonds. The second kappa shape index (κ2) is 3.89. The van der Waals surface area contributed by atoms with Gasteiger partial charge in [0.05, 0.1) is 13.2 Å². The van der Waals surface area contributed by atoms with Gasteiger partial charge in [0.15, 0.2) is 11.5 Å². The first-order valence-corrected chi connectivity index (χ1v) is 5.99. The van der Waals surface area contributed by atoms with Gasteiger partial charge in [-0.05, 0) is 43.0 Å². The molecule has 0 saturated heterocycles. The van der Waals surface area contributed by atoms with Crippen molar-refractivity contribution >= 4 is 0 Å². The molecule has 4 heteroatoms. The van der Waals surface area contributed by atoms with Crippen LogP contribution in [-0.2, 0) is 6.54 Å². The highest BCUT2D eigenvalue weighted by Crippen LogP contribution is 2.49. The van der Waals surface area contributed by atoms with E-state index in [1.54, 1.807) is 0 Å². The standard InChI is InChI=1S/C13H17NO3/c1-9-4-11-12(5-10(9)6-14-15)17-8-13(2-3-13)7-16-11/h4-5,14-15H,2-3,6-8H2,1H3.